The zero-order chi connectivity index (χ0) is 14.0. The number of carbonyl (C=O) groups is 1. The zero-order valence-electron chi connectivity index (χ0n) is 10.7. The van der Waals surface area contributed by atoms with Crippen molar-refractivity contribution < 1.29 is 9.90 Å². The highest BCUT2D eigenvalue weighted by atomic mass is 35.5. The number of phenolic OH excluding ortho intramolecular Hbond substituents is 1. The molecule has 0 saturated heterocycles. The molecular weight excluding hydrogens is 262 g/mol. The van der Waals surface area contributed by atoms with Crippen LogP contribution in [0.15, 0.2) is 42.5 Å². The molecule has 0 heterocycles. The molecule has 0 spiro atoms. The number of benzene rings is 2. The Morgan fingerprint density at radius 1 is 1.16 bits per heavy atom. The summed E-state index contributed by atoms with van der Waals surface area (Å²) in [7, 11) is 3.29. The molecule has 2 rings (SSSR count). The van der Waals surface area contributed by atoms with Crippen LogP contribution in [0.25, 0.3) is 11.1 Å². The molecule has 0 atom stereocenters. The molecule has 0 saturated carbocycles. The maximum absolute atomic E-state index is 11.8. The zero-order valence-corrected chi connectivity index (χ0v) is 11.5. The van der Waals surface area contributed by atoms with Crippen molar-refractivity contribution >= 4 is 17.5 Å². The van der Waals surface area contributed by atoms with E-state index in [4.69, 9.17) is 11.6 Å². The minimum Gasteiger partial charge on any atom is -0.507 e. The largest absolute Gasteiger partial charge is 0.507 e. The van der Waals surface area contributed by atoms with Gasteiger partial charge in [0.15, 0.2) is 0 Å². The number of carbonyl (C=O) groups excluding carboxylic acids is 1. The number of aromatic hydroxyl groups is 1. The smallest absolute Gasteiger partial charge is 0.257 e. The number of amides is 1. The van der Waals surface area contributed by atoms with Crippen LogP contribution in [0.3, 0.4) is 0 Å². The molecular formula is C15H14ClNO2. The van der Waals surface area contributed by atoms with Gasteiger partial charge in [-0.2, -0.15) is 0 Å². The van der Waals surface area contributed by atoms with E-state index in [1.165, 1.54) is 4.90 Å². The highest BCUT2D eigenvalue weighted by molar-refractivity contribution is 6.33. The fourth-order valence-electron chi connectivity index (χ4n) is 1.82. The number of halogens is 1. The summed E-state index contributed by atoms with van der Waals surface area (Å²) >= 11 is 6.11. The van der Waals surface area contributed by atoms with E-state index < -0.39 is 0 Å². The van der Waals surface area contributed by atoms with Crippen LogP contribution in [0.1, 0.15) is 10.4 Å². The predicted octanol–water partition coefficient (Wildman–Crippen LogP) is 3.41. The number of nitrogens with zero attached hydrogens (tertiary/aromatic N) is 1. The lowest BCUT2D eigenvalue weighted by atomic mass is 10.0. The van der Waals surface area contributed by atoms with Gasteiger partial charge in [-0.3, -0.25) is 4.79 Å². The summed E-state index contributed by atoms with van der Waals surface area (Å²) in [4.78, 5) is 13.2. The standard InChI is InChI=1S/C15H14ClNO2/c1-17(2)15(19)12-8-7-10(9-14(12)18)11-5-3-4-6-13(11)16/h3-9,18H,1-2H3. The molecule has 0 unspecified atom stereocenters. The van der Waals surface area contributed by atoms with Crippen molar-refractivity contribution in [2.75, 3.05) is 14.1 Å². The Balaban J connectivity index is 2.45. The molecule has 4 heteroatoms. The third kappa shape index (κ3) is 2.71. The number of hydrogen-bond donors (Lipinski definition) is 1. The Morgan fingerprint density at radius 2 is 1.84 bits per heavy atom. The normalized spacial score (nSPS) is 10.3. The fraction of sp³-hybridized carbons (Fsp3) is 0.133. The van der Waals surface area contributed by atoms with Gasteiger partial charge in [-0.25, -0.2) is 0 Å². The quantitative estimate of drug-likeness (QED) is 0.912. The predicted molar refractivity (Wildman–Crippen MR) is 76.6 cm³/mol. The van der Waals surface area contributed by atoms with Crippen molar-refractivity contribution in [2.45, 2.75) is 0 Å². The van der Waals surface area contributed by atoms with Gasteiger partial charge in [0.05, 0.1) is 5.56 Å². The van der Waals surface area contributed by atoms with Gasteiger partial charge in [-0.15, -0.1) is 0 Å². The minimum absolute atomic E-state index is 0.0453. The van der Waals surface area contributed by atoms with Crippen LogP contribution < -0.4 is 0 Å². The van der Waals surface area contributed by atoms with Gasteiger partial charge < -0.3 is 10.0 Å². The summed E-state index contributed by atoms with van der Waals surface area (Å²) in [5.41, 5.74) is 1.88. The van der Waals surface area contributed by atoms with Crippen LogP contribution in [0, 0.1) is 0 Å². The lowest BCUT2D eigenvalue weighted by Gasteiger charge is -2.12. The van der Waals surface area contributed by atoms with E-state index in [9.17, 15) is 9.90 Å². The van der Waals surface area contributed by atoms with E-state index in [0.29, 0.717) is 5.02 Å². The summed E-state index contributed by atoms with van der Waals surface area (Å²) in [6, 6.07) is 12.3. The Morgan fingerprint density at radius 3 is 2.42 bits per heavy atom. The fourth-order valence-corrected chi connectivity index (χ4v) is 2.06. The highest BCUT2D eigenvalue weighted by Crippen LogP contribution is 2.31. The van der Waals surface area contributed by atoms with Crippen molar-refractivity contribution in [2.24, 2.45) is 0 Å². The monoisotopic (exact) mass is 275 g/mol. The van der Waals surface area contributed by atoms with Crippen molar-refractivity contribution in [3.8, 4) is 16.9 Å². The second kappa shape index (κ2) is 5.33. The molecule has 1 amide bonds. The molecule has 0 aliphatic heterocycles. The maximum atomic E-state index is 11.8. The van der Waals surface area contributed by atoms with E-state index >= 15 is 0 Å². The van der Waals surface area contributed by atoms with E-state index in [0.717, 1.165) is 11.1 Å². The van der Waals surface area contributed by atoms with Crippen LogP contribution in [0.4, 0.5) is 0 Å². The maximum Gasteiger partial charge on any atom is 0.257 e. The summed E-state index contributed by atoms with van der Waals surface area (Å²) in [5.74, 6) is -0.278. The summed E-state index contributed by atoms with van der Waals surface area (Å²) in [6.45, 7) is 0. The van der Waals surface area contributed by atoms with Gasteiger partial charge >= 0.3 is 0 Å². The van der Waals surface area contributed by atoms with Gasteiger partial charge in [0.25, 0.3) is 5.91 Å². The summed E-state index contributed by atoms with van der Waals surface area (Å²) in [5, 5.41) is 10.6. The average Bonchev–Trinajstić information content (AvgIpc) is 2.38. The molecule has 1 N–H and O–H groups in total. The van der Waals surface area contributed by atoms with Crippen molar-refractivity contribution in [3.63, 3.8) is 0 Å². The molecule has 19 heavy (non-hydrogen) atoms. The van der Waals surface area contributed by atoms with Crippen LogP contribution in [-0.2, 0) is 0 Å². The van der Waals surface area contributed by atoms with Gasteiger partial charge in [-0.1, -0.05) is 35.9 Å². The van der Waals surface area contributed by atoms with Crippen LogP contribution in [-0.4, -0.2) is 30.0 Å². The minimum atomic E-state index is -0.233. The number of hydrogen-bond acceptors (Lipinski definition) is 2. The second-order valence-electron chi connectivity index (χ2n) is 4.41. The molecule has 0 radical (unpaired) electrons. The van der Waals surface area contributed by atoms with Gasteiger partial charge in [0.1, 0.15) is 5.75 Å². The molecule has 98 valence electrons. The van der Waals surface area contributed by atoms with Gasteiger partial charge in [0.2, 0.25) is 0 Å². The first-order valence-electron chi connectivity index (χ1n) is 5.80. The Bertz CT molecular complexity index is 623. The Labute approximate surface area is 117 Å². The third-order valence-electron chi connectivity index (χ3n) is 2.82. The molecule has 2 aromatic carbocycles. The van der Waals surface area contributed by atoms with Crippen LogP contribution in [0.2, 0.25) is 5.02 Å². The Hall–Kier alpha value is -2.00. The molecule has 3 nitrogen and oxygen atoms in total. The molecule has 0 aliphatic carbocycles. The van der Waals surface area contributed by atoms with Crippen LogP contribution in [0.5, 0.6) is 5.75 Å². The first kappa shape index (κ1) is 13.4. The molecule has 0 aromatic heterocycles. The van der Waals surface area contributed by atoms with E-state index in [1.807, 2.05) is 18.2 Å². The highest BCUT2D eigenvalue weighted by Gasteiger charge is 2.14. The van der Waals surface area contributed by atoms with Crippen molar-refractivity contribution in [3.05, 3.63) is 53.1 Å². The van der Waals surface area contributed by atoms with Gasteiger partial charge in [0, 0.05) is 24.7 Å². The third-order valence-corrected chi connectivity index (χ3v) is 3.15. The lowest BCUT2D eigenvalue weighted by molar-refractivity contribution is 0.0824. The molecule has 0 aliphatic rings. The first-order chi connectivity index (χ1) is 9.00. The first-order valence-corrected chi connectivity index (χ1v) is 6.18. The van der Waals surface area contributed by atoms with Crippen LogP contribution >= 0.6 is 11.6 Å². The van der Waals surface area contributed by atoms with Crippen molar-refractivity contribution in [1.82, 2.24) is 4.90 Å². The Kier molecular flexibility index (Phi) is 3.76. The summed E-state index contributed by atoms with van der Waals surface area (Å²) < 4.78 is 0. The lowest BCUT2D eigenvalue weighted by Crippen LogP contribution is -2.21. The topological polar surface area (TPSA) is 40.5 Å². The SMILES string of the molecule is CN(C)C(=O)c1ccc(-c2ccccc2Cl)cc1O. The van der Waals surface area contributed by atoms with E-state index in [1.54, 1.807) is 38.4 Å². The number of rotatable bonds is 2. The van der Waals surface area contributed by atoms with Gasteiger partial charge in [-0.05, 0) is 23.8 Å². The van der Waals surface area contributed by atoms with Crippen molar-refractivity contribution in [1.29, 1.82) is 0 Å². The molecule has 2 aromatic rings. The average molecular weight is 276 g/mol. The number of phenols is 1. The van der Waals surface area contributed by atoms with E-state index in [2.05, 4.69) is 0 Å². The molecule has 0 fully saturated rings. The van der Waals surface area contributed by atoms with E-state index in [-0.39, 0.29) is 17.2 Å². The summed E-state index contributed by atoms with van der Waals surface area (Å²) in [6.07, 6.45) is 0. The molecule has 0 bridgehead atoms. The second-order valence-corrected chi connectivity index (χ2v) is 4.82.